The second-order valence-electron chi connectivity index (χ2n) is 4.70. The standard InChI is InChI=1S/C14H16F3N3O/c1-9-4-5-12(21-3)11(6-9)18-8-10-7-13(14(15,16)17)19-20(10)2/h4-7,18H,8H2,1-3H3. The number of ether oxygens (including phenoxy) is 1. The molecule has 0 atom stereocenters. The summed E-state index contributed by atoms with van der Waals surface area (Å²) < 4.78 is 44.2. The minimum Gasteiger partial charge on any atom is -0.495 e. The number of aromatic nitrogens is 2. The van der Waals surface area contributed by atoms with Crippen molar-refractivity contribution in [3.8, 4) is 5.75 Å². The highest BCUT2D eigenvalue weighted by Crippen LogP contribution is 2.29. The number of benzene rings is 1. The average molecular weight is 299 g/mol. The maximum atomic E-state index is 12.6. The van der Waals surface area contributed by atoms with E-state index in [1.807, 2.05) is 25.1 Å². The first-order chi connectivity index (χ1) is 9.81. The van der Waals surface area contributed by atoms with Crippen molar-refractivity contribution in [1.29, 1.82) is 0 Å². The second-order valence-corrected chi connectivity index (χ2v) is 4.70. The molecular weight excluding hydrogens is 283 g/mol. The molecule has 0 bridgehead atoms. The molecule has 1 heterocycles. The zero-order valence-corrected chi connectivity index (χ0v) is 12.0. The Hall–Kier alpha value is -2.18. The number of methoxy groups -OCH3 is 1. The maximum absolute atomic E-state index is 12.6. The van der Waals surface area contributed by atoms with Gasteiger partial charge in [0.15, 0.2) is 5.69 Å². The van der Waals surface area contributed by atoms with Crippen LogP contribution >= 0.6 is 0 Å². The summed E-state index contributed by atoms with van der Waals surface area (Å²) in [6.45, 7) is 2.15. The lowest BCUT2D eigenvalue weighted by atomic mass is 10.2. The van der Waals surface area contributed by atoms with Gasteiger partial charge in [-0.1, -0.05) is 6.07 Å². The summed E-state index contributed by atoms with van der Waals surface area (Å²) in [7, 11) is 3.03. The van der Waals surface area contributed by atoms with E-state index in [1.54, 1.807) is 7.11 Å². The Morgan fingerprint density at radius 3 is 2.57 bits per heavy atom. The topological polar surface area (TPSA) is 39.1 Å². The third-order valence-electron chi connectivity index (χ3n) is 3.08. The number of hydrogen-bond acceptors (Lipinski definition) is 3. The van der Waals surface area contributed by atoms with Gasteiger partial charge in [-0.15, -0.1) is 0 Å². The van der Waals surface area contributed by atoms with Crippen molar-refractivity contribution >= 4 is 5.69 Å². The smallest absolute Gasteiger partial charge is 0.435 e. The first kappa shape index (κ1) is 15.2. The third-order valence-corrected chi connectivity index (χ3v) is 3.08. The maximum Gasteiger partial charge on any atom is 0.435 e. The molecule has 0 aliphatic carbocycles. The SMILES string of the molecule is COc1ccc(C)cc1NCc1cc(C(F)(F)F)nn1C. The van der Waals surface area contributed by atoms with Gasteiger partial charge in [-0.25, -0.2) is 0 Å². The third kappa shape index (κ3) is 3.48. The number of rotatable bonds is 4. The Morgan fingerprint density at radius 2 is 2.00 bits per heavy atom. The Labute approximate surface area is 120 Å². The van der Waals surface area contributed by atoms with E-state index >= 15 is 0 Å². The van der Waals surface area contributed by atoms with E-state index in [0.29, 0.717) is 11.4 Å². The molecule has 0 unspecified atom stereocenters. The summed E-state index contributed by atoms with van der Waals surface area (Å²) in [6.07, 6.45) is -4.43. The normalized spacial score (nSPS) is 11.5. The van der Waals surface area contributed by atoms with Crippen LogP contribution in [-0.4, -0.2) is 16.9 Å². The molecule has 1 aromatic heterocycles. The molecule has 114 valence electrons. The number of nitrogens with zero attached hydrogens (tertiary/aromatic N) is 2. The summed E-state index contributed by atoms with van der Waals surface area (Å²) in [5.41, 5.74) is 1.30. The Morgan fingerprint density at radius 1 is 1.29 bits per heavy atom. The second kappa shape index (κ2) is 5.67. The van der Waals surface area contributed by atoms with Crippen molar-refractivity contribution in [2.75, 3.05) is 12.4 Å². The monoisotopic (exact) mass is 299 g/mol. The van der Waals surface area contributed by atoms with Crippen molar-refractivity contribution in [2.24, 2.45) is 7.05 Å². The lowest BCUT2D eigenvalue weighted by molar-refractivity contribution is -0.141. The molecule has 0 saturated carbocycles. The van der Waals surface area contributed by atoms with E-state index < -0.39 is 11.9 Å². The molecule has 0 radical (unpaired) electrons. The van der Waals surface area contributed by atoms with Gasteiger partial charge in [0.25, 0.3) is 0 Å². The summed E-state index contributed by atoms with van der Waals surface area (Å²) >= 11 is 0. The van der Waals surface area contributed by atoms with Crippen LogP contribution in [0.1, 0.15) is 17.0 Å². The lowest BCUT2D eigenvalue weighted by Crippen LogP contribution is -2.07. The predicted octanol–water partition coefficient (Wildman–Crippen LogP) is 3.37. The summed E-state index contributed by atoms with van der Waals surface area (Å²) in [5.74, 6) is 0.638. The van der Waals surface area contributed by atoms with Gasteiger partial charge in [0.05, 0.1) is 25.0 Å². The molecule has 0 fully saturated rings. The van der Waals surface area contributed by atoms with Crippen LogP contribution in [-0.2, 0) is 19.8 Å². The molecule has 0 amide bonds. The van der Waals surface area contributed by atoms with Gasteiger partial charge < -0.3 is 10.1 Å². The highest BCUT2D eigenvalue weighted by molar-refractivity contribution is 5.58. The molecule has 0 aliphatic heterocycles. The number of hydrogen-bond donors (Lipinski definition) is 1. The van der Waals surface area contributed by atoms with Gasteiger partial charge >= 0.3 is 6.18 Å². The Bertz CT molecular complexity index is 635. The van der Waals surface area contributed by atoms with Crippen LogP contribution in [0.25, 0.3) is 0 Å². The minimum absolute atomic E-state index is 0.222. The Kier molecular flexibility index (Phi) is 4.11. The van der Waals surface area contributed by atoms with Crippen molar-refractivity contribution in [1.82, 2.24) is 9.78 Å². The molecule has 2 rings (SSSR count). The first-order valence-corrected chi connectivity index (χ1v) is 6.30. The number of nitrogens with one attached hydrogen (secondary N) is 1. The van der Waals surface area contributed by atoms with E-state index in [2.05, 4.69) is 10.4 Å². The van der Waals surface area contributed by atoms with Crippen molar-refractivity contribution < 1.29 is 17.9 Å². The molecule has 4 nitrogen and oxygen atoms in total. The molecule has 1 aromatic carbocycles. The highest BCUT2D eigenvalue weighted by atomic mass is 19.4. The van der Waals surface area contributed by atoms with Crippen molar-refractivity contribution in [3.05, 3.63) is 41.2 Å². The van der Waals surface area contributed by atoms with E-state index in [-0.39, 0.29) is 6.54 Å². The molecule has 2 aromatic rings. The van der Waals surface area contributed by atoms with Crippen LogP contribution in [0, 0.1) is 6.92 Å². The largest absolute Gasteiger partial charge is 0.495 e. The van der Waals surface area contributed by atoms with Crippen LogP contribution < -0.4 is 10.1 Å². The van der Waals surface area contributed by atoms with Crippen LogP contribution in [0.3, 0.4) is 0 Å². The van der Waals surface area contributed by atoms with Crippen LogP contribution in [0.15, 0.2) is 24.3 Å². The summed E-state index contributed by atoms with van der Waals surface area (Å²) in [6, 6.07) is 6.62. The predicted molar refractivity (Wildman–Crippen MR) is 73.3 cm³/mol. The quantitative estimate of drug-likeness (QED) is 0.941. The molecule has 0 saturated heterocycles. The first-order valence-electron chi connectivity index (χ1n) is 6.30. The van der Waals surface area contributed by atoms with Crippen molar-refractivity contribution in [2.45, 2.75) is 19.6 Å². The molecule has 1 N–H and O–H groups in total. The van der Waals surface area contributed by atoms with Gasteiger partial charge in [0.1, 0.15) is 5.75 Å². The van der Waals surface area contributed by atoms with Gasteiger partial charge in [0, 0.05) is 7.05 Å². The average Bonchev–Trinajstić information content (AvgIpc) is 2.78. The zero-order valence-electron chi connectivity index (χ0n) is 12.0. The summed E-state index contributed by atoms with van der Waals surface area (Å²) in [5, 5.41) is 6.55. The van der Waals surface area contributed by atoms with E-state index in [0.717, 1.165) is 17.3 Å². The van der Waals surface area contributed by atoms with Gasteiger partial charge in [0.2, 0.25) is 0 Å². The number of alkyl halides is 3. The van der Waals surface area contributed by atoms with Crippen molar-refractivity contribution in [3.63, 3.8) is 0 Å². The van der Waals surface area contributed by atoms with Crippen LogP contribution in [0.4, 0.5) is 18.9 Å². The Balaban J connectivity index is 2.17. The minimum atomic E-state index is -4.43. The fourth-order valence-electron chi connectivity index (χ4n) is 1.96. The lowest BCUT2D eigenvalue weighted by Gasteiger charge is -2.12. The van der Waals surface area contributed by atoms with Crippen LogP contribution in [0.5, 0.6) is 5.75 Å². The van der Waals surface area contributed by atoms with Gasteiger partial charge in [-0.2, -0.15) is 18.3 Å². The van der Waals surface area contributed by atoms with Gasteiger partial charge in [-0.3, -0.25) is 4.68 Å². The number of aryl methyl sites for hydroxylation is 2. The van der Waals surface area contributed by atoms with Crippen LogP contribution in [0.2, 0.25) is 0 Å². The van der Waals surface area contributed by atoms with E-state index in [1.165, 1.54) is 11.7 Å². The molecule has 0 aliphatic rings. The molecular formula is C14H16F3N3O. The molecule has 0 spiro atoms. The molecule has 7 heteroatoms. The number of anilines is 1. The molecule has 21 heavy (non-hydrogen) atoms. The highest BCUT2D eigenvalue weighted by Gasteiger charge is 2.34. The van der Waals surface area contributed by atoms with Gasteiger partial charge in [-0.05, 0) is 30.7 Å². The fourth-order valence-corrected chi connectivity index (χ4v) is 1.96. The fraction of sp³-hybridized carbons (Fsp3) is 0.357. The van der Waals surface area contributed by atoms with E-state index in [4.69, 9.17) is 4.74 Å². The van der Waals surface area contributed by atoms with E-state index in [9.17, 15) is 13.2 Å². The summed E-state index contributed by atoms with van der Waals surface area (Å²) in [4.78, 5) is 0. The number of halogens is 3. The zero-order chi connectivity index (χ0) is 15.6.